The molecule has 0 aliphatic carbocycles. The standard InChI is InChI=1S/C8H11N3O3S/c1-4(2)6(8(13)14)10-7(12)5-3-9-15-11-5/h3-4,6H,1-2H3,(H,10,12)(H,13,14)/t6-/m0/s1. The van der Waals surface area contributed by atoms with E-state index in [1.807, 2.05) is 0 Å². The lowest BCUT2D eigenvalue weighted by atomic mass is 10.0. The normalized spacial score (nSPS) is 12.5. The van der Waals surface area contributed by atoms with Crippen molar-refractivity contribution in [1.82, 2.24) is 14.1 Å². The first-order valence-electron chi connectivity index (χ1n) is 4.33. The number of hydrogen-bond donors (Lipinski definition) is 2. The number of nitrogens with one attached hydrogen (secondary N) is 1. The largest absolute Gasteiger partial charge is 0.480 e. The van der Waals surface area contributed by atoms with Crippen LogP contribution in [0.1, 0.15) is 24.3 Å². The maximum Gasteiger partial charge on any atom is 0.326 e. The van der Waals surface area contributed by atoms with E-state index in [0.29, 0.717) is 0 Å². The van der Waals surface area contributed by atoms with Gasteiger partial charge in [-0.05, 0) is 5.92 Å². The van der Waals surface area contributed by atoms with Crippen LogP contribution in [0.25, 0.3) is 0 Å². The molecule has 0 saturated heterocycles. The van der Waals surface area contributed by atoms with Gasteiger partial charge in [0.15, 0.2) is 5.69 Å². The first-order chi connectivity index (χ1) is 7.02. The number of aromatic nitrogens is 2. The second-order valence-corrected chi connectivity index (χ2v) is 3.88. The second kappa shape index (κ2) is 4.83. The maximum atomic E-state index is 11.5. The Hall–Kier alpha value is -1.50. The van der Waals surface area contributed by atoms with E-state index >= 15 is 0 Å². The van der Waals surface area contributed by atoms with Gasteiger partial charge in [0, 0.05) is 0 Å². The van der Waals surface area contributed by atoms with Crippen molar-refractivity contribution in [2.45, 2.75) is 19.9 Å². The Kier molecular flexibility index (Phi) is 3.73. The number of nitrogens with zero attached hydrogens (tertiary/aromatic N) is 2. The van der Waals surface area contributed by atoms with E-state index in [0.717, 1.165) is 11.7 Å². The molecule has 0 bridgehead atoms. The molecule has 0 fully saturated rings. The molecule has 0 aromatic carbocycles. The van der Waals surface area contributed by atoms with Crippen molar-refractivity contribution in [3.05, 3.63) is 11.9 Å². The third-order valence-electron chi connectivity index (χ3n) is 1.81. The van der Waals surface area contributed by atoms with Crippen LogP contribution in [-0.4, -0.2) is 31.8 Å². The summed E-state index contributed by atoms with van der Waals surface area (Å²) in [6, 6.07) is -0.904. The minimum absolute atomic E-state index is 0.145. The molecule has 1 aromatic heterocycles. The molecule has 82 valence electrons. The molecule has 0 aliphatic rings. The smallest absolute Gasteiger partial charge is 0.326 e. The van der Waals surface area contributed by atoms with Crippen LogP contribution >= 0.6 is 11.7 Å². The van der Waals surface area contributed by atoms with Crippen molar-refractivity contribution in [2.75, 3.05) is 0 Å². The van der Waals surface area contributed by atoms with Gasteiger partial charge in [-0.3, -0.25) is 4.79 Å². The summed E-state index contributed by atoms with van der Waals surface area (Å²) < 4.78 is 7.38. The third kappa shape index (κ3) is 2.98. The van der Waals surface area contributed by atoms with E-state index in [1.54, 1.807) is 13.8 Å². The lowest BCUT2D eigenvalue weighted by molar-refractivity contribution is -0.140. The second-order valence-electron chi connectivity index (χ2n) is 3.33. The fraction of sp³-hybridized carbons (Fsp3) is 0.500. The summed E-state index contributed by atoms with van der Waals surface area (Å²) in [6.07, 6.45) is 1.30. The number of amides is 1. The van der Waals surface area contributed by atoms with Gasteiger partial charge in [0.1, 0.15) is 6.04 Å². The zero-order valence-electron chi connectivity index (χ0n) is 8.30. The highest BCUT2D eigenvalue weighted by atomic mass is 32.1. The number of hydrogen-bond acceptors (Lipinski definition) is 5. The Morgan fingerprint density at radius 1 is 1.53 bits per heavy atom. The quantitative estimate of drug-likeness (QED) is 0.778. The molecule has 7 heteroatoms. The predicted octanol–water partition coefficient (Wildman–Crippen LogP) is 0.377. The molecule has 2 N–H and O–H groups in total. The molecule has 1 amide bonds. The topological polar surface area (TPSA) is 92.2 Å². The lowest BCUT2D eigenvalue weighted by Crippen LogP contribution is -2.44. The van der Waals surface area contributed by atoms with Gasteiger partial charge in [0.05, 0.1) is 17.9 Å². The third-order valence-corrected chi connectivity index (χ3v) is 2.29. The fourth-order valence-corrected chi connectivity index (χ4v) is 1.41. The maximum absolute atomic E-state index is 11.5. The van der Waals surface area contributed by atoms with Crippen molar-refractivity contribution >= 4 is 23.6 Å². The fourth-order valence-electron chi connectivity index (χ4n) is 0.993. The molecule has 0 spiro atoms. The summed E-state index contributed by atoms with van der Waals surface area (Å²) in [7, 11) is 0. The van der Waals surface area contributed by atoms with E-state index in [-0.39, 0.29) is 11.6 Å². The number of carbonyl (C=O) groups excluding carboxylic acids is 1. The molecule has 0 aliphatic heterocycles. The van der Waals surface area contributed by atoms with Gasteiger partial charge in [0.25, 0.3) is 5.91 Å². The lowest BCUT2D eigenvalue weighted by Gasteiger charge is -2.16. The zero-order valence-corrected chi connectivity index (χ0v) is 9.11. The number of rotatable bonds is 4. The van der Waals surface area contributed by atoms with Gasteiger partial charge in [-0.2, -0.15) is 8.75 Å². The summed E-state index contributed by atoms with van der Waals surface area (Å²) >= 11 is 0.904. The summed E-state index contributed by atoms with van der Waals surface area (Å²) in [6.45, 7) is 3.44. The number of carboxylic acids is 1. The molecule has 6 nitrogen and oxygen atoms in total. The number of carbonyl (C=O) groups is 2. The molecule has 1 aromatic rings. The van der Waals surface area contributed by atoms with Crippen LogP contribution in [0.4, 0.5) is 0 Å². The Labute approximate surface area is 90.7 Å². The van der Waals surface area contributed by atoms with Gasteiger partial charge in [0.2, 0.25) is 0 Å². The summed E-state index contributed by atoms with van der Waals surface area (Å²) in [4.78, 5) is 22.3. The molecular weight excluding hydrogens is 218 g/mol. The average molecular weight is 229 g/mol. The van der Waals surface area contributed by atoms with Crippen LogP contribution in [0.2, 0.25) is 0 Å². The molecule has 0 radical (unpaired) electrons. The van der Waals surface area contributed by atoms with Gasteiger partial charge in [-0.15, -0.1) is 0 Å². The van der Waals surface area contributed by atoms with E-state index in [4.69, 9.17) is 5.11 Å². The van der Waals surface area contributed by atoms with Crippen LogP contribution < -0.4 is 5.32 Å². The highest BCUT2D eigenvalue weighted by molar-refractivity contribution is 6.99. The monoisotopic (exact) mass is 229 g/mol. The average Bonchev–Trinajstić information content (AvgIpc) is 2.65. The van der Waals surface area contributed by atoms with Gasteiger partial charge < -0.3 is 10.4 Å². The Morgan fingerprint density at radius 2 is 2.20 bits per heavy atom. The van der Waals surface area contributed by atoms with Crippen molar-refractivity contribution in [3.63, 3.8) is 0 Å². The van der Waals surface area contributed by atoms with Crippen molar-refractivity contribution in [1.29, 1.82) is 0 Å². The number of carboxylic acid groups (broad SMARTS) is 1. The van der Waals surface area contributed by atoms with Crippen LogP contribution in [0.3, 0.4) is 0 Å². The summed E-state index contributed by atoms with van der Waals surface area (Å²) in [5.74, 6) is -1.75. The summed E-state index contributed by atoms with van der Waals surface area (Å²) in [5.41, 5.74) is 0.145. The Morgan fingerprint density at radius 3 is 2.60 bits per heavy atom. The minimum Gasteiger partial charge on any atom is -0.480 e. The van der Waals surface area contributed by atoms with Crippen molar-refractivity contribution in [3.8, 4) is 0 Å². The van der Waals surface area contributed by atoms with Gasteiger partial charge >= 0.3 is 5.97 Å². The molecule has 1 atom stereocenters. The van der Waals surface area contributed by atoms with E-state index in [9.17, 15) is 9.59 Å². The molecule has 1 rings (SSSR count). The zero-order chi connectivity index (χ0) is 11.4. The molecule has 0 saturated carbocycles. The Bertz CT molecular complexity index is 350. The predicted molar refractivity (Wildman–Crippen MR) is 53.6 cm³/mol. The molecule has 0 unspecified atom stereocenters. The minimum atomic E-state index is -1.05. The van der Waals surface area contributed by atoms with Gasteiger partial charge in [-0.1, -0.05) is 13.8 Å². The molecular formula is C8H11N3O3S. The van der Waals surface area contributed by atoms with E-state index < -0.39 is 17.9 Å². The number of aliphatic carboxylic acids is 1. The van der Waals surface area contributed by atoms with Crippen LogP contribution in [0, 0.1) is 5.92 Å². The van der Waals surface area contributed by atoms with Crippen molar-refractivity contribution in [2.24, 2.45) is 5.92 Å². The Balaban J connectivity index is 2.67. The highest BCUT2D eigenvalue weighted by Gasteiger charge is 2.24. The van der Waals surface area contributed by atoms with Crippen molar-refractivity contribution < 1.29 is 14.7 Å². The highest BCUT2D eigenvalue weighted by Crippen LogP contribution is 2.03. The van der Waals surface area contributed by atoms with E-state index in [2.05, 4.69) is 14.1 Å². The molecule has 1 heterocycles. The van der Waals surface area contributed by atoms with Crippen LogP contribution in [0.5, 0.6) is 0 Å². The summed E-state index contributed by atoms with van der Waals surface area (Å²) in [5, 5.41) is 11.2. The molecule has 15 heavy (non-hydrogen) atoms. The SMILES string of the molecule is CC(C)[C@H](NC(=O)c1cnsn1)C(=O)O. The first kappa shape index (κ1) is 11.6. The van der Waals surface area contributed by atoms with Gasteiger partial charge in [-0.25, -0.2) is 4.79 Å². The van der Waals surface area contributed by atoms with Crippen LogP contribution in [0.15, 0.2) is 6.20 Å². The van der Waals surface area contributed by atoms with Crippen LogP contribution in [-0.2, 0) is 4.79 Å². The van der Waals surface area contributed by atoms with E-state index in [1.165, 1.54) is 6.20 Å². The first-order valence-corrected chi connectivity index (χ1v) is 5.06.